The fourth-order valence-corrected chi connectivity index (χ4v) is 2.55. The highest BCUT2D eigenvalue weighted by molar-refractivity contribution is 6.30. The van der Waals surface area contributed by atoms with Gasteiger partial charge >= 0.3 is 0 Å². The van der Waals surface area contributed by atoms with Crippen molar-refractivity contribution >= 4 is 34.8 Å². The third kappa shape index (κ3) is 6.21. The van der Waals surface area contributed by atoms with Crippen LogP contribution < -0.4 is 10.6 Å². The van der Waals surface area contributed by atoms with E-state index in [1.54, 1.807) is 36.2 Å². The molecule has 0 aliphatic heterocycles. The molecule has 6 heteroatoms. The third-order valence-corrected chi connectivity index (χ3v) is 3.88. The van der Waals surface area contributed by atoms with E-state index in [9.17, 15) is 9.59 Å². The van der Waals surface area contributed by atoms with Gasteiger partial charge in [-0.25, -0.2) is 0 Å². The van der Waals surface area contributed by atoms with Crippen LogP contribution >= 0.6 is 11.6 Å². The van der Waals surface area contributed by atoms with Crippen LogP contribution in [0.25, 0.3) is 0 Å². The van der Waals surface area contributed by atoms with Crippen molar-refractivity contribution < 1.29 is 9.59 Å². The van der Waals surface area contributed by atoms with Crippen LogP contribution in [-0.4, -0.2) is 36.9 Å². The number of halogens is 1. The number of rotatable bonds is 7. The molecule has 0 radical (unpaired) electrons. The minimum Gasteiger partial charge on any atom is -0.325 e. The quantitative estimate of drug-likeness (QED) is 0.796. The van der Waals surface area contributed by atoms with Crippen LogP contribution in [0.15, 0.2) is 48.5 Å². The van der Waals surface area contributed by atoms with Crippen LogP contribution in [0.3, 0.4) is 0 Å². The number of amides is 2. The van der Waals surface area contributed by atoms with Crippen LogP contribution in [0, 0.1) is 0 Å². The maximum absolute atomic E-state index is 12.2. The number of benzene rings is 2. The van der Waals surface area contributed by atoms with Crippen LogP contribution in [0.1, 0.15) is 12.5 Å². The standard InChI is InChI=1S/C19H22ClN3O2/c1-3-14-6-4-5-7-17(14)22-19(25)13-23(2)12-18(24)21-16-10-8-15(20)9-11-16/h4-11H,3,12-13H2,1-2H3,(H,21,24)(H,22,25). The molecule has 2 N–H and O–H groups in total. The summed E-state index contributed by atoms with van der Waals surface area (Å²) in [4.78, 5) is 25.9. The van der Waals surface area contributed by atoms with Crippen LogP contribution in [-0.2, 0) is 16.0 Å². The molecule has 0 spiro atoms. The van der Waals surface area contributed by atoms with Crippen molar-refractivity contribution in [3.05, 3.63) is 59.1 Å². The molecule has 0 unspecified atom stereocenters. The molecule has 2 aromatic rings. The number of aryl methyl sites for hydroxylation is 1. The first-order valence-electron chi connectivity index (χ1n) is 8.09. The van der Waals surface area contributed by atoms with Gasteiger partial charge in [0.25, 0.3) is 0 Å². The predicted molar refractivity (Wildman–Crippen MR) is 102 cm³/mol. The molecule has 0 bridgehead atoms. The van der Waals surface area contributed by atoms with Crippen molar-refractivity contribution in [3.8, 4) is 0 Å². The van der Waals surface area contributed by atoms with E-state index in [1.165, 1.54) is 0 Å². The Morgan fingerprint density at radius 3 is 2.20 bits per heavy atom. The minimum absolute atomic E-state index is 0.117. The highest BCUT2D eigenvalue weighted by Gasteiger charge is 2.12. The van der Waals surface area contributed by atoms with Gasteiger partial charge in [-0.1, -0.05) is 36.7 Å². The zero-order valence-corrected chi connectivity index (χ0v) is 15.1. The fourth-order valence-electron chi connectivity index (χ4n) is 2.42. The van der Waals surface area contributed by atoms with Crippen LogP contribution in [0.2, 0.25) is 5.02 Å². The van der Waals surface area contributed by atoms with E-state index in [2.05, 4.69) is 10.6 Å². The third-order valence-electron chi connectivity index (χ3n) is 3.63. The first-order valence-corrected chi connectivity index (χ1v) is 8.47. The zero-order valence-electron chi connectivity index (χ0n) is 14.4. The van der Waals surface area contributed by atoms with Gasteiger partial charge in [0.2, 0.25) is 11.8 Å². The second-order valence-electron chi connectivity index (χ2n) is 5.79. The molecule has 0 aromatic heterocycles. The lowest BCUT2D eigenvalue weighted by molar-refractivity contribution is -0.119. The van der Waals surface area contributed by atoms with Crippen LogP contribution in [0.5, 0.6) is 0 Å². The summed E-state index contributed by atoms with van der Waals surface area (Å²) in [7, 11) is 1.73. The zero-order chi connectivity index (χ0) is 18.2. The number of nitrogens with zero attached hydrogens (tertiary/aromatic N) is 1. The van der Waals surface area contributed by atoms with E-state index in [4.69, 9.17) is 11.6 Å². The number of likely N-dealkylation sites (N-methyl/N-ethyl adjacent to an activating group) is 1. The predicted octanol–water partition coefficient (Wildman–Crippen LogP) is 3.41. The van der Waals surface area contributed by atoms with E-state index in [1.807, 2.05) is 31.2 Å². The van der Waals surface area contributed by atoms with E-state index >= 15 is 0 Å². The molecule has 0 saturated carbocycles. The van der Waals surface area contributed by atoms with E-state index in [0.29, 0.717) is 10.7 Å². The second kappa shape index (κ2) is 9.20. The molecular formula is C19H22ClN3O2. The number of para-hydroxylation sites is 1. The lowest BCUT2D eigenvalue weighted by atomic mass is 10.1. The van der Waals surface area contributed by atoms with Crippen molar-refractivity contribution in [2.24, 2.45) is 0 Å². The molecule has 25 heavy (non-hydrogen) atoms. The Morgan fingerprint density at radius 1 is 0.960 bits per heavy atom. The van der Waals surface area contributed by atoms with Crippen molar-refractivity contribution in [1.82, 2.24) is 4.90 Å². The summed E-state index contributed by atoms with van der Waals surface area (Å²) in [6.07, 6.45) is 0.843. The lowest BCUT2D eigenvalue weighted by Gasteiger charge is -2.17. The van der Waals surface area contributed by atoms with Gasteiger partial charge in [-0.2, -0.15) is 0 Å². The van der Waals surface area contributed by atoms with Gasteiger partial charge in [-0.3, -0.25) is 14.5 Å². The van der Waals surface area contributed by atoms with Gasteiger partial charge in [0, 0.05) is 16.4 Å². The van der Waals surface area contributed by atoms with Crippen molar-refractivity contribution in [1.29, 1.82) is 0 Å². The Bertz CT molecular complexity index is 732. The maximum atomic E-state index is 12.2. The monoisotopic (exact) mass is 359 g/mol. The number of hydrogen-bond acceptors (Lipinski definition) is 3. The first-order chi connectivity index (χ1) is 12.0. The highest BCUT2D eigenvalue weighted by Crippen LogP contribution is 2.15. The Labute approximate surface area is 153 Å². The number of anilines is 2. The SMILES string of the molecule is CCc1ccccc1NC(=O)CN(C)CC(=O)Nc1ccc(Cl)cc1. The van der Waals surface area contributed by atoms with Crippen molar-refractivity contribution in [2.75, 3.05) is 30.8 Å². The number of nitrogens with one attached hydrogen (secondary N) is 2. The van der Waals surface area contributed by atoms with E-state index in [-0.39, 0.29) is 24.9 Å². The molecule has 0 heterocycles. The summed E-state index contributed by atoms with van der Waals surface area (Å²) >= 11 is 5.81. The van der Waals surface area contributed by atoms with Crippen LogP contribution in [0.4, 0.5) is 11.4 Å². The van der Waals surface area contributed by atoms with E-state index < -0.39 is 0 Å². The molecule has 0 aliphatic rings. The number of carbonyl (C=O) groups excluding carboxylic acids is 2. The average Bonchev–Trinajstić information content (AvgIpc) is 2.57. The summed E-state index contributed by atoms with van der Waals surface area (Å²) in [5.74, 6) is -0.339. The highest BCUT2D eigenvalue weighted by atomic mass is 35.5. The fraction of sp³-hybridized carbons (Fsp3) is 0.263. The Morgan fingerprint density at radius 2 is 1.56 bits per heavy atom. The summed E-state index contributed by atoms with van der Waals surface area (Å²) in [6.45, 7) is 2.29. The van der Waals surface area contributed by atoms with Crippen molar-refractivity contribution in [2.45, 2.75) is 13.3 Å². The molecule has 5 nitrogen and oxygen atoms in total. The van der Waals surface area contributed by atoms with E-state index in [0.717, 1.165) is 17.7 Å². The molecule has 0 atom stereocenters. The number of hydrogen-bond donors (Lipinski definition) is 2. The minimum atomic E-state index is -0.188. The van der Waals surface area contributed by atoms with Gasteiger partial charge in [-0.05, 0) is 49.4 Å². The molecule has 0 fully saturated rings. The van der Waals surface area contributed by atoms with Crippen molar-refractivity contribution in [3.63, 3.8) is 0 Å². The maximum Gasteiger partial charge on any atom is 0.238 e. The summed E-state index contributed by atoms with van der Waals surface area (Å²) in [6, 6.07) is 14.6. The Kier molecular flexibility index (Phi) is 6.98. The second-order valence-corrected chi connectivity index (χ2v) is 6.22. The van der Waals surface area contributed by atoms with Gasteiger partial charge in [0.15, 0.2) is 0 Å². The van der Waals surface area contributed by atoms with Gasteiger partial charge in [-0.15, -0.1) is 0 Å². The molecule has 132 valence electrons. The summed E-state index contributed by atoms with van der Waals surface area (Å²) < 4.78 is 0. The largest absolute Gasteiger partial charge is 0.325 e. The summed E-state index contributed by atoms with van der Waals surface area (Å²) in [5.41, 5.74) is 2.57. The first kappa shape index (κ1) is 19.0. The lowest BCUT2D eigenvalue weighted by Crippen LogP contribution is -2.36. The Hall–Kier alpha value is -2.37. The summed E-state index contributed by atoms with van der Waals surface area (Å²) in [5, 5.41) is 6.28. The molecule has 2 amide bonds. The molecule has 0 aliphatic carbocycles. The molecular weight excluding hydrogens is 338 g/mol. The van der Waals surface area contributed by atoms with Gasteiger partial charge in [0.05, 0.1) is 13.1 Å². The smallest absolute Gasteiger partial charge is 0.238 e. The Balaban J connectivity index is 1.82. The average molecular weight is 360 g/mol. The molecule has 2 aromatic carbocycles. The normalized spacial score (nSPS) is 10.6. The number of carbonyl (C=O) groups is 2. The van der Waals surface area contributed by atoms with Gasteiger partial charge < -0.3 is 10.6 Å². The van der Waals surface area contributed by atoms with Gasteiger partial charge in [0.1, 0.15) is 0 Å². The topological polar surface area (TPSA) is 61.4 Å². The molecule has 2 rings (SSSR count). The molecule has 0 saturated heterocycles.